The Labute approximate surface area is 104 Å². The third-order valence-corrected chi connectivity index (χ3v) is 3.71. The first-order valence-electron chi connectivity index (χ1n) is 6.61. The zero-order valence-corrected chi connectivity index (χ0v) is 11.3. The van der Waals surface area contributed by atoms with Crippen molar-refractivity contribution in [2.45, 2.75) is 33.1 Å². The molecule has 0 bridgehead atoms. The lowest BCUT2D eigenvalue weighted by Gasteiger charge is -2.37. The average molecular weight is 242 g/mol. The Kier molecular flexibility index (Phi) is 5.92. The summed E-state index contributed by atoms with van der Waals surface area (Å²) in [6, 6.07) is 0. The molecule has 0 aromatic rings. The van der Waals surface area contributed by atoms with E-state index >= 15 is 0 Å². The molecule has 2 N–H and O–H groups in total. The Morgan fingerprint density at radius 1 is 1.59 bits per heavy atom. The SMILES string of the molecule is CCC(C)C(=O)NCC1(COC)CCCNC1. The minimum absolute atomic E-state index is 0.0795. The number of hydrogen-bond donors (Lipinski definition) is 2. The van der Waals surface area contributed by atoms with Gasteiger partial charge in [0.05, 0.1) is 6.61 Å². The normalized spacial score (nSPS) is 26.5. The fourth-order valence-corrected chi connectivity index (χ4v) is 2.30. The van der Waals surface area contributed by atoms with E-state index in [1.54, 1.807) is 7.11 Å². The van der Waals surface area contributed by atoms with Crippen molar-refractivity contribution in [2.75, 3.05) is 33.4 Å². The van der Waals surface area contributed by atoms with E-state index in [1.165, 1.54) is 0 Å². The molecule has 0 aliphatic carbocycles. The van der Waals surface area contributed by atoms with Gasteiger partial charge in [-0.25, -0.2) is 0 Å². The molecular weight excluding hydrogens is 216 g/mol. The summed E-state index contributed by atoms with van der Waals surface area (Å²) < 4.78 is 5.31. The monoisotopic (exact) mass is 242 g/mol. The molecule has 0 spiro atoms. The van der Waals surface area contributed by atoms with Gasteiger partial charge in [-0.3, -0.25) is 4.79 Å². The summed E-state index contributed by atoms with van der Waals surface area (Å²) in [5.41, 5.74) is 0.0795. The molecule has 4 nitrogen and oxygen atoms in total. The molecule has 17 heavy (non-hydrogen) atoms. The van der Waals surface area contributed by atoms with E-state index < -0.39 is 0 Å². The maximum absolute atomic E-state index is 11.8. The van der Waals surface area contributed by atoms with Gasteiger partial charge >= 0.3 is 0 Å². The van der Waals surface area contributed by atoms with Crippen LogP contribution in [0.15, 0.2) is 0 Å². The van der Waals surface area contributed by atoms with Gasteiger partial charge in [-0.15, -0.1) is 0 Å². The maximum atomic E-state index is 11.8. The van der Waals surface area contributed by atoms with Gasteiger partial charge in [0.1, 0.15) is 0 Å². The van der Waals surface area contributed by atoms with Crippen LogP contribution in [0, 0.1) is 11.3 Å². The van der Waals surface area contributed by atoms with Crippen LogP contribution in [0.3, 0.4) is 0 Å². The molecule has 0 aromatic carbocycles. The summed E-state index contributed by atoms with van der Waals surface area (Å²) in [6.07, 6.45) is 3.17. The van der Waals surface area contributed by atoms with Crippen LogP contribution in [0.2, 0.25) is 0 Å². The second-order valence-corrected chi connectivity index (χ2v) is 5.24. The van der Waals surface area contributed by atoms with Gasteiger partial charge in [0.2, 0.25) is 5.91 Å². The summed E-state index contributed by atoms with van der Waals surface area (Å²) in [6.45, 7) is 7.44. The summed E-state index contributed by atoms with van der Waals surface area (Å²) in [5.74, 6) is 0.264. The number of ether oxygens (including phenoxy) is 1. The Morgan fingerprint density at radius 3 is 2.88 bits per heavy atom. The van der Waals surface area contributed by atoms with E-state index in [0.29, 0.717) is 6.61 Å². The number of hydrogen-bond acceptors (Lipinski definition) is 3. The van der Waals surface area contributed by atoms with Crippen LogP contribution in [0.1, 0.15) is 33.1 Å². The minimum Gasteiger partial charge on any atom is -0.384 e. The van der Waals surface area contributed by atoms with Crippen LogP contribution in [0.5, 0.6) is 0 Å². The molecule has 100 valence electrons. The number of rotatable bonds is 6. The standard InChI is InChI=1S/C13H26N2O2/c1-4-11(2)12(16)15-9-13(10-17-3)6-5-7-14-8-13/h11,14H,4-10H2,1-3H3,(H,15,16). The molecular formula is C13H26N2O2. The fraction of sp³-hybridized carbons (Fsp3) is 0.923. The van der Waals surface area contributed by atoms with Gasteiger partial charge in [-0.1, -0.05) is 13.8 Å². The first-order valence-corrected chi connectivity index (χ1v) is 6.61. The lowest BCUT2D eigenvalue weighted by atomic mass is 9.81. The topological polar surface area (TPSA) is 50.4 Å². The van der Waals surface area contributed by atoms with Crippen molar-refractivity contribution >= 4 is 5.91 Å². The second-order valence-electron chi connectivity index (χ2n) is 5.24. The highest BCUT2D eigenvalue weighted by molar-refractivity contribution is 5.78. The zero-order valence-electron chi connectivity index (χ0n) is 11.3. The van der Waals surface area contributed by atoms with Gasteiger partial charge in [0.25, 0.3) is 0 Å². The number of methoxy groups -OCH3 is 1. The number of amides is 1. The Bertz CT molecular complexity index is 232. The quantitative estimate of drug-likeness (QED) is 0.735. The van der Waals surface area contributed by atoms with Crippen molar-refractivity contribution in [1.29, 1.82) is 0 Å². The van der Waals surface area contributed by atoms with Crippen molar-refractivity contribution in [2.24, 2.45) is 11.3 Å². The van der Waals surface area contributed by atoms with E-state index in [1.807, 2.05) is 13.8 Å². The van der Waals surface area contributed by atoms with Crippen molar-refractivity contribution in [1.82, 2.24) is 10.6 Å². The summed E-state index contributed by atoms with van der Waals surface area (Å²) in [5, 5.41) is 6.47. The second kappa shape index (κ2) is 6.97. The highest BCUT2D eigenvalue weighted by atomic mass is 16.5. The van der Waals surface area contributed by atoms with E-state index in [4.69, 9.17) is 4.74 Å². The predicted molar refractivity (Wildman–Crippen MR) is 68.9 cm³/mol. The third kappa shape index (κ3) is 4.28. The molecule has 0 aromatic heterocycles. The van der Waals surface area contributed by atoms with Gasteiger partial charge in [0.15, 0.2) is 0 Å². The molecule has 1 saturated heterocycles. The predicted octanol–water partition coefficient (Wildman–Crippen LogP) is 1.16. The summed E-state index contributed by atoms with van der Waals surface area (Å²) >= 11 is 0. The highest BCUT2D eigenvalue weighted by Gasteiger charge is 2.32. The van der Waals surface area contributed by atoms with Crippen LogP contribution in [0.25, 0.3) is 0 Å². The molecule has 1 rings (SSSR count). The fourth-order valence-electron chi connectivity index (χ4n) is 2.30. The first kappa shape index (κ1) is 14.5. The van der Waals surface area contributed by atoms with Crippen molar-refractivity contribution in [3.8, 4) is 0 Å². The molecule has 2 atom stereocenters. The number of piperidine rings is 1. The van der Waals surface area contributed by atoms with Gasteiger partial charge in [-0.05, 0) is 25.8 Å². The maximum Gasteiger partial charge on any atom is 0.222 e. The molecule has 1 fully saturated rings. The van der Waals surface area contributed by atoms with E-state index in [9.17, 15) is 4.79 Å². The third-order valence-electron chi connectivity index (χ3n) is 3.71. The Hall–Kier alpha value is -0.610. The van der Waals surface area contributed by atoms with Crippen molar-refractivity contribution in [3.63, 3.8) is 0 Å². The summed E-state index contributed by atoms with van der Waals surface area (Å²) in [7, 11) is 1.73. The molecule has 2 unspecified atom stereocenters. The van der Waals surface area contributed by atoms with Gasteiger partial charge in [0, 0.05) is 31.5 Å². The molecule has 1 aliphatic rings. The first-order chi connectivity index (χ1) is 8.13. The molecule has 1 heterocycles. The van der Waals surface area contributed by atoms with E-state index in [2.05, 4.69) is 10.6 Å². The molecule has 1 amide bonds. The van der Waals surface area contributed by atoms with Crippen LogP contribution in [-0.4, -0.2) is 39.3 Å². The lowest BCUT2D eigenvalue weighted by Crippen LogP contribution is -2.50. The minimum atomic E-state index is 0.0795. The lowest BCUT2D eigenvalue weighted by molar-refractivity contribution is -0.125. The van der Waals surface area contributed by atoms with Crippen LogP contribution in [0.4, 0.5) is 0 Å². The smallest absolute Gasteiger partial charge is 0.222 e. The number of carbonyl (C=O) groups is 1. The zero-order chi connectivity index (χ0) is 12.7. The van der Waals surface area contributed by atoms with Crippen LogP contribution >= 0.6 is 0 Å². The molecule has 0 radical (unpaired) electrons. The van der Waals surface area contributed by atoms with Gasteiger partial charge in [-0.2, -0.15) is 0 Å². The largest absolute Gasteiger partial charge is 0.384 e. The van der Waals surface area contributed by atoms with E-state index in [0.717, 1.165) is 38.9 Å². The Morgan fingerprint density at radius 2 is 2.35 bits per heavy atom. The summed E-state index contributed by atoms with van der Waals surface area (Å²) in [4.78, 5) is 11.8. The molecule has 0 saturated carbocycles. The number of carbonyl (C=O) groups excluding carboxylic acids is 1. The Balaban J connectivity index is 2.46. The van der Waals surface area contributed by atoms with E-state index in [-0.39, 0.29) is 17.2 Å². The van der Waals surface area contributed by atoms with Crippen molar-refractivity contribution < 1.29 is 9.53 Å². The van der Waals surface area contributed by atoms with Crippen LogP contribution < -0.4 is 10.6 Å². The highest BCUT2D eigenvalue weighted by Crippen LogP contribution is 2.25. The van der Waals surface area contributed by atoms with Gasteiger partial charge < -0.3 is 15.4 Å². The van der Waals surface area contributed by atoms with Crippen molar-refractivity contribution in [3.05, 3.63) is 0 Å². The molecule has 1 aliphatic heterocycles. The number of nitrogens with one attached hydrogen (secondary N) is 2. The molecule has 4 heteroatoms. The average Bonchev–Trinajstić information content (AvgIpc) is 2.36. The van der Waals surface area contributed by atoms with Crippen LogP contribution in [-0.2, 0) is 9.53 Å².